The molecule has 3 aromatic rings. The molecule has 134 valence electrons. The topological polar surface area (TPSA) is 56.1 Å². The number of hydrogen-bond acceptors (Lipinski definition) is 3. The van der Waals surface area contributed by atoms with Crippen molar-refractivity contribution < 1.29 is 9.53 Å². The maximum absolute atomic E-state index is 12.6. The maximum atomic E-state index is 12.6. The molecule has 1 aromatic heterocycles. The fourth-order valence-electron chi connectivity index (χ4n) is 2.91. The van der Waals surface area contributed by atoms with Gasteiger partial charge in [-0.15, -0.1) is 0 Å². The van der Waals surface area contributed by atoms with Gasteiger partial charge in [0.25, 0.3) is 0 Å². The highest BCUT2D eigenvalue weighted by molar-refractivity contribution is 5.77. The molecule has 0 aliphatic carbocycles. The molecule has 1 atom stereocenters. The van der Waals surface area contributed by atoms with Crippen molar-refractivity contribution >= 4 is 5.91 Å². The number of rotatable bonds is 7. The van der Waals surface area contributed by atoms with Gasteiger partial charge in [0.2, 0.25) is 5.91 Å². The second-order valence-electron chi connectivity index (χ2n) is 6.16. The van der Waals surface area contributed by atoms with Gasteiger partial charge in [-0.1, -0.05) is 42.5 Å². The lowest BCUT2D eigenvalue weighted by Gasteiger charge is -2.20. The fourth-order valence-corrected chi connectivity index (χ4v) is 2.91. The third-order valence-corrected chi connectivity index (χ3v) is 4.33. The van der Waals surface area contributed by atoms with Gasteiger partial charge in [-0.05, 0) is 29.7 Å². The van der Waals surface area contributed by atoms with E-state index in [1.807, 2.05) is 72.4 Å². The summed E-state index contributed by atoms with van der Waals surface area (Å²) in [5.74, 6) is 1.52. The molecule has 0 aliphatic rings. The monoisotopic (exact) mass is 349 g/mol. The van der Waals surface area contributed by atoms with E-state index >= 15 is 0 Å². The van der Waals surface area contributed by atoms with Crippen molar-refractivity contribution in [3.05, 3.63) is 83.9 Å². The standard InChI is InChI=1S/C21H23N3O2/c1-24-14-13-22-21(24)20(17-9-6-10-18(15-17)26-2)23-19(25)12-11-16-7-4-3-5-8-16/h3-10,13-15,20H,11-12H2,1-2H3,(H,23,25)/t20-/m0/s1. The highest BCUT2D eigenvalue weighted by Crippen LogP contribution is 2.24. The number of carbonyl (C=O) groups is 1. The average Bonchev–Trinajstić information content (AvgIpc) is 3.11. The summed E-state index contributed by atoms with van der Waals surface area (Å²) in [7, 11) is 3.55. The molecule has 5 nitrogen and oxygen atoms in total. The second kappa shape index (κ2) is 8.34. The first-order valence-corrected chi connectivity index (χ1v) is 8.62. The molecule has 0 saturated heterocycles. The first kappa shape index (κ1) is 17.7. The first-order chi connectivity index (χ1) is 12.7. The van der Waals surface area contributed by atoms with Gasteiger partial charge >= 0.3 is 0 Å². The summed E-state index contributed by atoms with van der Waals surface area (Å²) in [5, 5.41) is 3.12. The largest absolute Gasteiger partial charge is 0.497 e. The van der Waals surface area contributed by atoms with Crippen molar-refractivity contribution in [2.75, 3.05) is 7.11 Å². The zero-order valence-corrected chi connectivity index (χ0v) is 15.1. The molecular weight excluding hydrogens is 326 g/mol. The van der Waals surface area contributed by atoms with Crippen molar-refractivity contribution in [1.82, 2.24) is 14.9 Å². The molecule has 1 amide bonds. The molecule has 0 unspecified atom stereocenters. The molecule has 0 bridgehead atoms. The smallest absolute Gasteiger partial charge is 0.221 e. The highest BCUT2D eigenvalue weighted by atomic mass is 16.5. The summed E-state index contributed by atoms with van der Waals surface area (Å²) in [6.45, 7) is 0. The molecule has 0 saturated carbocycles. The van der Waals surface area contributed by atoms with Crippen molar-refractivity contribution in [3.8, 4) is 5.75 Å². The van der Waals surface area contributed by atoms with E-state index in [1.165, 1.54) is 0 Å². The zero-order valence-electron chi connectivity index (χ0n) is 15.1. The Kier molecular flexibility index (Phi) is 5.69. The lowest BCUT2D eigenvalue weighted by Crippen LogP contribution is -2.31. The highest BCUT2D eigenvalue weighted by Gasteiger charge is 2.21. The molecular formula is C21H23N3O2. The number of hydrogen-bond donors (Lipinski definition) is 1. The van der Waals surface area contributed by atoms with E-state index in [0.717, 1.165) is 22.7 Å². The lowest BCUT2D eigenvalue weighted by molar-refractivity contribution is -0.121. The van der Waals surface area contributed by atoms with Gasteiger partial charge in [-0.25, -0.2) is 4.98 Å². The van der Waals surface area contributed by atoms with Crippen molar-refractivity contribution in [1.29, 1.82) is 0 Å². The SMILES string of the molecule is COc1cccc([C@H](NC(=O)CCc2ccccc2)c2nccn2C)c1. The van der Waals surface area contributed by atoms with Crippen LogP contribution in [0.15, 0.2) is 67.0 Å². The van der Waals surface area contributed by atoms with Crippen LogP contribution < -0.4 is 10.1 Å². The Hall–Kier alpha value is -3.08. The molecule has 3 rings (SSSR count). The zero-order chi connectivity index (χ0) is 18.4. The minimum absolute atomic E-state index is 0.00956. The van der Waals surface area contributed by atoms with Gasteiger partial charge in [0.1, 0.15) is 17.6 Å². The average molecular weight is 349 g/mol. The van der Waals surface area contributed by atoms with Crippen molar-refractivity contribution in [2.24, 2.45) is 7.05 Å². The summed E-state index contributed by atoms with van der Waals surface area (Å²) in [6.07, 6.45) is 4.74. The normalized spacial score (nSPS) is 11.8. The number of benzene rings is 2. The molecule has 0 aliphatic heterocycles. The van der Waals surface area contributed by atoms with Crippen molar-refractivity contribution in [3.63, 3.8) is 0 Å². The molecule has 1 heterocycles. The van der Waals surface area contributed by atoms with Crippen LogP contribution in [-0.2, 0) is 18.3 Å². The molecule has 0 spiro atoms. The van der Waals surface area contributed by atoms with Gasteiger partial charge in [-0.3, -0.25) is 4.79 Å². The Morgan fingerprint density at radius 3 is 2.69 bits per heavy atom. The number of carbonyl (C=O) groups excluding carboxylic acids is 1. The van der Waals surface area contributed by atoms with E-state index in [-0.39, 0.29) is 11.9 Å². The third kappa shape index (κ3) is 4.30. The quantitative estimate of drug-likeness (QED) is 0.712. The van der Waals surface area contributed by atoms with E-state index in [2.05, 4.69) is 10.3 Å². The Balaban J connectivity index is 1.77. The Bertz CT molecular complexity index is 858. The molecule has 2 aromatic carbocycles. The molecule has 5 heteroatoms. The van der Waals surface area contributed by atoms with E-state index in [9.17, 15) is 4.79 Å². The van der Waals surface area contributed by atoms with Crippen molar-refractivity contribution in [2.45, 2.75) is 18.9 Å². The van der Waals surface area contributed by atoms with Crippen LogP contribution in [0.4, 0.5) is 0 Å². The molecule has 26 heavy (non-hydrogen) atoms. The number of ether oxygens (including phenoxy) is 1. The number of aryl methyl sites for hydroxylation is 2. The summed E-state index contributed by atoms with van der Waals surface area (Å²) in [6, 6.07) is 17.4. The summed E-state index contributed by atoms with van der Waals surface area (Å²) >= 11 is 0. The van der Waals surface area contributed by atoms with Gasteiger partial charge in [0.15, 0.2) is 0 Å². The summed E-state index contributed by atoms with van der Waals surface area (Å²) in [5.41, 5.74) is 2.09. The number of aromatic nitrogens is 2. The van der Waals surface area contributed by atoms with Gasteiger partial charge < -0.3 is 14.6 Å². The number of nitrogens with one attached hydrogen (secondary N) is 1. The molecule has 1 N–H and O–H groups in total. The summed E-state index contributed by atoms with van der Waals surface area (Å²) in [4.78, 5) is 17.0. The Morgan fingerprint density at radius 2 is 2.00 bits per heavy atom. The molecule has 0 fully saturated rings. The second-order valence-corrected chi connectivity index (χ2v) is 6.16. The van der Waals surface area contributed by atoms with Gasteiger partial charge in [0, 0.05) is 25.9 Å². The van der Waals surface area contributed by atoms with E-state index in [0.29, 0.717) is 12.8 Å². The number of imidazole rings is 1. The van der Waals surface area contributed by atoms with E-state index in [4.69, 9.17) is 4.74 Å². The lowest BCUT2D eigenvalue weighted by atomic mass is 10.0. The van der Waals surface area contributed by atoms with Crippen LogP contribution in [0.2, 0.25) is 0 Å². The van der Waals surface area contributed by atoms with Crippen LogP contribution >= 0.6 is 0 Å². The van der Waals surface area contributed by atoms with E-state index < -0.39 is 0 Å². The summed E-state index contributed by atoms with van der Waals surface area (Å²) < 4.78 is 7.24. The number of nitrogens with zero attached hydrogens (tertiary/aromatic N) is 2. The predicted molar refractivity (Wildman–Crippen MR) is 101 cm³/mol. The van der Waals surface area contributed by atoms with Crippen LogP contribution in [0.1, 0.15) is 29.4 Å². The van der Waals surface area contributed by atoms with Gasteiger partial charge in [0.05, 0.1) is 7.11 Å². The van der Waals surface area contributed by atoms with Crippen LogP contribution in [0, 0.1) is 0 Å². The van der Waals surface area contributed by atoms with Crippen LogP contribution in [0.25, 0.3) is 0 Å². The number of amides is 1. The van der Waals surface area contributed by atoms with E-state index in [1.54, 1.807) is 13.3 Å². The minimum atomic E-state index is -0.326. The van der Waals surface area contributed by atoms with Gasteiger partial charge in [-0.2, -0.15) is 0 Å². The first-order valence-electron chi connectivity index (χ1n) is 8.62. The predicted octanol–water partition coefficient (Wildman–Crippen LogP) is 3.27. The fraction of sp³-hybridized carbons (Fsp3) is 0.238. The minimum Gasteiger partial charge on any atom is -0.497 e. The van der Waals surface area contributed by atoms with Crippen LogP contribution in [0.5, 0.6) is 5.75 Å². The third-order valence-electron chi connectivity index (χ3n) is 4.33. The molecule has 0 radical (unpaired) electrons. The maximum Gasteiger partial charge on any atom is 0.221 e. The number of methoxy groups -OCH3 is 1. The Morgan fingerprint density at radius 1 is 1.19 bits per heavy atom. The van der Waals surface area contributed by atoms with Crippen LogP contribution in [0.3, 0.4) is 0 Å². The Labute approximate surface area is 153 Å². The van der Waals surface area contributed by atoms with Crippen LogP contribution in [-0.4, -0.2) is 22.6 Å².